The molecule has 0 aliphatic rings. The van der Waals surface area contributed by atoms with E-state index in [2.05, 4.69) is 20.1 Å². The maximum atomic E-state index is 14.6. The van der Waals surface area contributed by atoms with Gasteiger partial charge in [0.1, 0.15) is 24.3 Å². The summed E-state index contributed by atoms with van der Waals surface area (Å²) in [5.41, 5.74) is 7.55. The van der Waals surface area contributed by atoms with E-state index < -0.39 is 5.82 Å². The predicted octanol–water partition coefficient (Wildman–Crippen LogP) is 2.12. The Bertz CT molecular complexity index is 926. The zero-order valence-electron chi connectivity index (χ0n) is 13.4. The zero-order valence-corrected chi connectivity index (χ0v) is 13.4. The molecule has 0 fully saturated rings. The molecule has 3 rings (SSSR count). The summed E-state index contributed by atoms with van der Waals surface area (Å²) in [6.45, 7) is 1.69. The highest BCUT2D eigenvalue weighted by molar-refractivity contribution is 5.88. The van der Waals surface area contributed by atoms with Gasteiger partial charge >= 0.3 is 0 Å². The second kappa shape index (κ2) is 7.14. The van der Waals surface area contributed by atoms with Gasteiger partial charge in [-0.15, -0.1) is 0 Å². The maximum Gasteiger partial charge on any atom is 0.233 e. The summed E-state index contributed by atoms with van der Waals surface area (Å²) in [5, 5.41) is 12.7. The molecule has 9 heteroatoms. The molecule has 0 saturated heterocycles. The van der Waals surface area contributed by atoms with Crippen LogP contribution >= 0.6 is 0 Å². The number of benzene rings is 1. The normalized spacial score (nSPS) is 11.3. The third-order valence-corrected chi connectivity index (χ3v) is 3.36. The number of halogens is 1. The van der Waals surface area contributed by atoms with Gasteiger partial charge in [-0.2, -0.15) is 0 Å². The van der Waals surface area contributed by atoms with E-state index in [1.165, 1.54) is 18.6 Å². The van der Waals surface area contributed by atoms with Crippen LogP contribution in [0.15, 0.2) is 29.7 Å². The molecule has 8 nitrogen and oxygen atoms in total. The number of aromatic nitrogens is 3. The molecule has 0 radical (unpaired) electrons. The summed E-state index contributed by atoms with van der Waals surface area (Å²) in [5.74, 6) is -0.386. The fraction of sp³-hybridized carbons (Fsp3) is 0.188. The number of aliphatic hydroxyl groups is 1. The maximum absolute atomic E-state index is 14.6. The minimum Gasteiger partial charge on any atom is -0.435 e. The molecule has 0 atom stereocenters. The number of oxime groups is 1. The van der Waals surface area contributed by atoms with Crippen molar-refractivity contribution in [2.75, 3.05) is 18.9 Å². The number of aromatic amines is 1. The van der Waals surface area contributed by atoms with E-state index in [-0.39, 0.29) is 36.2 Å². The summed E-state index contributed by atoms with van der Waals surface area (Å²) in [6.07, 6.45) is 2.45. The lowest BCUT2D eigenvalue weighted by Gasteiger charge is -2.09. The van der Waals surface area contributed by atoms with E-state index in [4.69, 9.17) is 20.4 Å². The number of nitrogens with zero attached hydrogens (tertiary/aromatic N) is 3. The third kappa shape index (κ3) is 3.50. The van der Waals surface area contributed by atoms with Crippen LogP contribution in [0.2, 0.25) is 0 Å². The van der Waals surface area contributed by atoms with Gasteiger partial charge in [0.05, 0.1) is 12.8 Å². The number of nitrogen functional groups attached to an aromatic ring is 1. The average molecular weight is 345 g/mol. The number of hydrogen-bond acceptors (Lipinski definition) is 7. The number of H-pyrrole nitrogens is 1. The molecule has 4 N–H and O–H groups in total. The first kappa shape index (κ1) is 16.7. The standard InChI is InChI=1S/C16H16FN5O3/c1-9-6-10-12(22-9)2-3-13(14(10)17)25-16-11(7-21-24-5-4-23)15(18)19-8-20-16/h2-3,6-8,22-23H,4-5H2,1H3,(H2,18,19,20). The van der Waals surface area contributed by atoms with E-state index >= 15 is 0 Å². The first-order valence-electron chi connectivity index (χ1n) is 7.42. The van der Waals surface area contributed by atoms with Gasteiger partial charge in [0.25, 0.3) is 0 Å². The molecule has 0 aliphatic heterocycles. The fourth-order valence-corrected chi connectivity index (χ4v) is 2.25. The van der Waals surface area contributed by atoms with Crippen LogP contribution in [0.4, 0.5) is 10.2 Å². The van der Waals surface area contributed by atoms with Crippen molar-refractivity contribution in [2.45, 2.75) is 6.92 Å². The van der Waals surface area contributed by atoms with Crippen molar-refractivity contribution in [3.8, 4) is 11.6 Å². The Morgan fingerprint density at radius 1 is 1.40 bits per heavy atom. The summed E-state index contributed by atoms with van der Waals surface area (Å²) in [6, 6.07) is 4.90. The molecule has 0 amide bonds. The van der Waals surface area contributed by atoms with Crippen LogP contribution in [0, 0.1) is 12.7 Å². The van der Waals surface area contributed by atoms with Crippen molar-refractivity contribution < 1.29 is 19.1 Å². The van der Waals surface area contributed by atoms with E-state index in [0.29, 0.717) is 10.9 Å². The van der Waals surface area contributed by atoms with Crippen molar-refractivity contribution in [1.82, 2.24) is 15.0 Å². The average Bonchev–Trinajstić information content (AvgIpc) is 2.97. The minimum atomic E-state index is -0.515. The van der Waals surface area contributed by atoms with Crippen LogP contribution in [0.1, 0.15) is 11.3 Å². The molecular weight excluding hydrogens is 329 g/mol. The van der Waals surface area contributed by atoms with Gasteiger partial charge in [0.15, 0.2) is 11.6 Å². The van der Waals surface area contributed by atoms with Crippen LogP contribution in [0.5, 0.6) is 11.6 Å². The van der Waals surface area contributed by atoms with E-state index in [1.54, 1.807) is 12.1 Å². The molecule has 3 aromatic rings. The van der Waals surface area contributed by atoms with Crippen LogP contribution in [-0.4, -0.2) is 39.5 Å². The molecular formula is C16H16FN5O3. The number of aliphatic hydroxyl groups excluding tert-OH is 1. The van der Waals surface area contributed by atoms with Crippen LogP contribution in [0.3, 0.4) is 0 Å². The molecule has 2 heterocycles. The Labute approximate surface area is 142 Å². The Kier molecular flexibility index (Phi) is 4.75. The van der Waals surface area contributed by atoms with Crippen molar-refractivity contribution in [3.05, 3.63) is 41.6 Å². The Hall–Kier alpha value is -3.20. The number of hydrogen-bond donors (Lipinski definition) is 3. The number of anilines is 1. The van der Waals surface area contributed by atoms with Crippen LogP contribution < -0.4 is 10.5 Å². The fourth-order valence-electron chi connectivity index (χ4n) is 2.25. The first-order valence-corrected chi connectivity index (χ1v) is 7.42. The smallest absolute Gasteiger partial charge is 0.233 e. The molecule has 1 aromatic carbocycles. The SMILES string of the molecule is Cc1cc2c(F)c(Oc3ncnc(N)c3C=NOCCO)ccc2[nH]1. The lowest BCUT2D eigenvalue weighted by atomic mass is 10.2. The molecule has 0 unspecified atom stereocenters. The number of ether oxygens (including phenoxy) is 1. The quantitative estimate of drug-likeness (QED) is 0.358. The number of fused-ring (bicyclic) bond motifs is 1. The van der Waals surface area contributed by atoms with Crippen molar-refractivity contribution in [3.63, 3.8) is 0 Å². The molecule has 2 aromatic heterocycles. The van der Waals surface area contributed by atoms with Gasteiger partial charge in [-0.1, -0.05) is 5.16 Å². The highest BCUT2D eigenvalue weighted by Crippen LogP contribution is 2.31. The number of nitrogens with one attached hydrogen (secondary N) is 1. The van der Waals surface area contributed by atoms with Crippen molar-refractivity contribution >= 4 is 22.9 Å². The molecule has 25 heavy (non-hydrogen) atoms. The Morgan fingerprint density at radius 2 is 2.24 bits per heavy atom. The van der Waals surface area contributed by atoms with Gasteiger partial charge in [-0.05, 0) is 25.1 Å². The number of rotatable bonds is 6. The minimum absolute atomic E-state index is 0.00414. The molecule has 0 spiro atoms. The van der Waals surface area contributed by atoms with E-state index in [1.807, 2.05) is 6.92 Å². The summed E-state index contributed by atoms with van der Waals surface area (Å²) in [4.78, 5) is 15.7. The van der Waals surface area contributed by atoms with Crippen LogP contribution in [-0.2, 0) is 4.84 Å². The monoisotopic (exact) mass is 345 g/mol. The predicted molar refractivity (Wildman–Crippen MR) is 90.1 cm³/mol. The number of nitrogens with two attached hydrogens (primary N) is 1. The van der Waals surface area contributed by atoms with E-state index in [9.17, 15) is 4.39 Å². The van der Waals surface area contributed by atoms with Crippen molar-refractivity contribution in [2.24, 2.45) is 5.16 Å². The summed E-state index contributed by atoms with van der Waals surface area (Å²) < 4.78 is 20.2. The largest absolute Gasteiger partial charge is 0.435 e. The summed E-state index contributed by atoms with van der Waals surface area (Å²) in [7, 11) is 0. The molecule has 0 aliphatic carbocycles. The summed E-state index contributed by atoms with van der Waals surface area (Å²) >= 11 is 0. The lowest BCUT2D eigenvalue weighted by Crippen LogP contribution is -2.03. The molecule has 0 saturated carbocycles. The second-order valence-electron chi connectivity index (χ2n) is 5.16. The Balaban J connectivity index is 1.94. The van der Waals surface area contributed by atoms with Gasteiger partial charge in [-0.25, -0.2) is 14.4 Å². The van der Waals surface area contributed by atoms with E-state index in [0.717, 1.165) is 5.69 Å². The Morgan fingerprint density at radius 3 is 3.04 bits per heavy atom. The van der Waals surface area contributed by atoms with Gasteiger partial charge in [0.2, 0.25) is 5.88 Å². The van der Waals surface area contributed by atoms with Gasteiger partial charge in [-0.3, -0.25) is 0 Å². The highest BCUT2D eigenvalue weighted by atomic mass is 19.1. The number of aryl methyl sites for hydroxylation is 1. The van der Waals surface area contributed by atoms with Gasteiger partial charge < -0.3 is 25.4 Å². The third-order valence-electron chi connectivity index (χ3n) is 3.36. The zero-order chi connectivity index (χ0) is 17.8. The van der Waals surface area contributed by atoms with Crippen molar-refractivity contribution in [1.29, 1.82) is 0 Å². The molecule has 130 valence electrons. The topological polar surface area (TPSA) is 119 Å². The first-order chi connectivity index (χ1) is 12.1. The second-order valence-corrected chi connectivity index (χ2v) is 5.16. The van der Waals surface area contributed by atoms with Crippen LogP contribution in [0.25, 0.3) is 10.9 Å². The lowest BCUT2D eigenvalue weighted by molar-refractivity contribution is 0.0997. The highest BCUT2D eigenvalue weighted by Gasteiger charge is 2.15. The van der Waals surface area contributed by atoms with Gasteiger partial charge in [0, 0.05) is 16.6 Å². The molecule has 0 bridgehead atoms.